The quantitative estimate of drug-likeness (QED) is 0.477. The van der Waals surface area contributed by atoms with Crippen molar-refractivity contribution < 1.29 is 0 Å². The standard InChI is InChI=1S/C17H16N4S/c18-13-3-1-6-17(11-13)22-21-16-5-2-4-15(12-16)20-14-7-9-19-10-8-14/h1-12,21H,18H2,(H,19,20). The van der Waals surface area contributed by atoms with Gasteiger partial charge >= 0.3 is 0 Å². The Labute approximate surface area is 133 Å². The molecule has 0 aliphatic heterocycles. The van der Waals surface area contributed by atoms with Gasteiger partial charge in [0.1, 0.15) is 0 Å². The second-order valence-corrected chi connectivity index (χ2v) is 5.60. The van der Waals surface area contributed by atoms with Gasteiger partial charge in [0.2, 0.25) is 0 Å². The van der Waals surface area contributed by atoms with E-state index in [1.54, 1.807) is 12.4 Å². The Morgan fingerprint density at radius 2 is 1.59 bits per heavy atom. The van der Waals surface area contributed by atoms with E-state index in [1.165, 1.54) is 11.9 Å². The van der Waals surface area contributed by atoms with Crippen LogP contribution in [0.2, 0.25) is 0 Å². The number of nitrogens with zero attached hydrogens (tertiary/aromatic N) is 1. The highest BCUT2D eigenvalue weighted by atomic mass is 32.2. The molecule has 0 aliphatic rings. The minimum Gasteiger partial charge on any atom is -0.399 e. The van der Waals surface area contributed by atoms with Crippen LogP contribution in [0.1, 0.15) is 0 Å². The summed E-state index contributed by atoms with van der Waals surface area (Å²) in [7, 11) is 0. The second kappa shape index (κ2) is 6.87. The third-order valence-electron chi connectivity index (χ3n) is 2.98. The van der Waals surface area contributed by atoms with E-state index < -0.39 is 0 Å². The molecule has 4 N–H and O–H groups in total. The number of pyridine rings is 1. The van der Waals surface area contributed by atoms with Crippen LogP contribution in [0.25, 0.3) is 0 Å². The van der Waals surface area contributed by atoms with Crippen molar-refractivity contribution in [2.24, 2.45) is 0 Å². The third kappa shape index (κ3) is 3.93. The van der Waals surface area contributed by atoms with Gasteiger partial charge in [-0.2, -0.15) is 0 Å². The molecule has 0 atom stereocenters. The SMILES string of the molecule is Nc1cccc(SNc2cccc(Nc3ccncc3)c2)c1. The van der Waals surface area contributed by atoms with Gasteiger partial charge in [-0.1, -0.05) is 12.1 Å². The molecule has 0 saturated carbocycles. The number of rotatable bonds is 5. The fourth-order valence-corrected chi connectivity index (χ4v) is 2.66. The van der Waals surface area contributed by atoms with Crippen LogP contribution in [0, 0.1) is 0 Å². The zero-order valence-corrected chi connectivity index (χ0v) is 12.7. The Balaban J connectivity index is 1.66. The lowest BCUT2D eigenvalue weighted by molar-refractivity contribution is 1.32. The van der Waals surface area contributed by atoms with Crippen molar-refractivity contribution >= 4 is 34.7 Å². The first-order chi connectivity index (χ1) is 10.8. The monoisotopic (exact) mass is 308 g/mol. The Morgan fingerprint density at radius 1 is 0.818 bits per heavy atom. The molecule has 3 rings (SSSR count). The van der Waals surface area contributed by atoms with E-state index in [1.807, 2.05) is 54.6 Å². The van der Waals surface area contributed by atoms with Crippen molar-refractivity contribution in [3.8, 4) is 0 Å². The first-order valence-electron chi connectivity index (χ1n) is 6.85. The number of nitrogen functional groups attached to an aromatic ring is 1. The summed E-state index contributed by atoms with van der Waals surface area (Å²) in [5.74, 6) is 0. The van der Waals surface area contributed by atoms with E-state index in [2.05, 4.69) is 21.1 Å². The lowest BCUT2D eigenvalue weighted by Crippen LogP contribution is -1.92. The molecule has 0 unspecified atom stereocenters. The molecule has 5 heteroatoms. The molecule has 110 valence electrons. The van der Waals surface area contributed by atoms with Gasteiger partial charge in [0.15, 0.2) is 0 Å². The number of hydrogen-bond acceptors (Lipinski definition) is 5. The van der Waals surface area contributed by atoms with Gasteiger partial charge in [-0.15, -0.1) is 0 Å². The van der Waals surface area contributed by atoms with Crippen LogP contribution in [0.3, 0.4) is 0 Å². The van der Waals surface area contributed by atoms with Gasteiger partial charge in [0.05, 0.1) is 0 Å². The molecule has 0 amide bonds. The lowest BCUT2D eigenvalue weighted by atomic mass is 10.2. The number of hydrogen-bond donors (Lipinski definition) is 3. The summed E-state index contributed by atoms with van der Waals surface area (Å²) >= 11 is 1.53. The summed E-state index contributed by atoms with van der Waals surface area (Å²) in [6, 6.07) is 19.8. The first kappa shape index (κ1) is 14.3. The molecule has 0 radical (unpaired) electrons. The largest absolute Gasteiger partial charge is 0.399 e. The van der Waals surface area contributed by atoms with Crippen LogP contribution in [0.15, 0.2) is 78.0 Å². The number of anilines is 4. The van der Waals surface area contributed by atoms with Gasteiger partial charge < -0.3 is 15.8 Å². The Kier molecular flexibility index (Phi) is 4.46. The summed E-state index contributed by atoms with van der Waals surface area (Å²) in [5, 5.41) is 3.34. The van der Waals surface area contributed by atoms with Gasteiger partial charge in [0, 0.05) is 40.0 Å². The van der Waals surface area contributed by atoms with Gasteiger partial charge in [-0.25, -0.2) is 0 Å². The molecule has 0 bridgehead atoms. The average molecular weight is 308 g/mol. The molecule has 1 aromatic heterocycles. The normalized spacial score (nSPS) is 10.2. The van der Waals surface area contributed by atoms with Gasteiger partial charge in [-0.05, 0) is 60.5 Å². The smallest absolute Gasteiger partial charge is 0.0463 e. The maximum absolute atomic E-state index is 5.78. The molecule has 4 nitrogen and oxygen atoms in total. The van der Waals surface area contributed by atoms with Crippen LogP contribution in [-0.2, 0) is 0 Å². The van der Waals surface area contributed by atoms with E-state index in [0.29, 0.717) is 0 Å². The number of benzene rings is 2. The first-order valence-corrected chi connectivity index (χ1v) is 7.67. The third-order valence-corrected chi connectivity index (χ3v) is 3.80. The van der Waals surface area contributed by atoms with E-state index in [9.17, 15) is 0 Å². The highest BCUT2D eigenvalue weighted by Crippen LogP contribution is 2.25. The summed E-state index contributed by atoms with van der Waals surface area (Å²) in [5.41, 5.74) is 9.59. The van der Waals surface area contributed by atoms with Crippen molar-refractivity contribution in [1.82, 2.24) is 4.98 Å². The van der Waals surface area contributed by atoms with Crippen LogP contribution in [0.5, 0.6) is 0 Å². The van der Waals surface area contributed by atoms with Gasteiger partial charge in [0.25, 0.3) is 0 Å². The molecule has 0 saturated heterocycles. The number of nitrogens with one attached hydrogen (secondary N) is 2. The summed E-state index contributed by atoms with van der Waals surface area (Å²) in [4.78, 5) is 5.09. The average Bonchev–Trinajstić information content (AvgIpc) is 2.54. The topological polar surface area (TPSA) is 63.0 Å². The van der Waals surface area contributed by atoms with E-state index >= 15 is 0 Å². The number of aromatic nitrogens is 1. The highest BCUT2D eigenvalue weighted by Gasteiger charge is 1.99. The molecular weight excluding hydrogens is 292 g/mol. The molecule has 22 heavy (non-hydrogen) atoms. The fraction of sp³-hybridized carbons (Fsp3) is 0. The molecule has 1 heterocycles. The zero-order chi connectivity index (χ0) is 15.2. The van der Waals surface area contributed by atoms with Crippen LogP contribution in [-0.4, -0.2) is 4.98 Å². The zero-order valence-electron chi connectivity index (χ0n) is 11.9. The van der Waals surface area contributed by atoms with E-state index in [-0.39, 0.29) is 0 Å². The summed E-state index contributed by atoms with van der Waals surface area (Å²) in [6.45, 7) is 0. The highest BCUT2D eigenvalue weighted by molar-refractivity contribution is 8.00. The van der Waals surface area contributed by atoms with Crippen molar-refractivity contribution in [3.63, 3.8) is 0 Å². The maximum Gasteiger partial charge on any atom is 0.0463 e. The van der Waals surface area contributed by atoms with Crippen molar-refractivity contribution in [3.05, 3.63) is 73.1 Å². The molecule has 2 aromatic carbocycles. The maximum atomic E-state index is 5.78. The minimum atomic E-state index is 0.764. The molecule has 3 aromatic rings. The Morgan fingerprint density at radius 3 is 2.41 bits per heavy atom. The molecular formula is C17H16N4S. The minimum absolute atomic E-state index is 0.764. The van der Waals surface area contributed by atoms with E-state index in [4.69, 9.17) is 5.73 Å². The fourth-order valence-electron chi connectivity index (χ4n) is 1.96. The summed E-state index contributed by atoms with van der Waals surface area (Å²) < 4.78 is 3.32. The molecule has 0 aliphatic carbocycles. The van der Waals surface area contributed by atoms with Gasteiger partial charge in [-0.3, -0.25) is 4.98 Å². The second-order valence-electron chi connectivity index (χ2n) is 4.72. The Hall–Kier alpha value is -2.66. The van der Waals surface area contributed by atoms with E-state index in [0.717, 1.165) is 27.6 Å². The predicted octanol–water partition coefficient (Wildman–Crippen LogP) is 4.53. The van der Waals surface area contributed by atoms with Crippen LogP contribution >= 0.6 is 11.9 Å². The van der Waals surface area contributed by atoms with Crippen molar-refractivity contribution in [2.45, 2.75) is 4.90 Å². The molecule has 0 fully saturated rings. The molecule has 0 spiro atoms. The van der Waals surface area contributed by atoms with Crippen molar-refractivity contribution in [1.29, 1.82) is 0 Å². The van der Waals surface area contributed by atoms with Crippen molar-refractivity contribution in [2.75, 3.05) is 15.8 Å². The Bertz CT molecular complexity index is 746. The predicted molar refractivity (Wildman–Crippen MR) is 94.3 cm³/mol. The number of nitrogens with two attached hydrogens (primary N) is 1. The van der Waals surface area contributed by atoms with Crippen LogP contribution < -0.4 is 15.8 Å². The summed E-state index contributed by atoms with van der Waals surface area (Å²) in [6.07, 6.45) is 3.53. The lowest BCUT2D eigenvalue weighted by Gasteiger charge is -2.10. The van der Waals surface area contributed by atoms with Crippen LogP contribution in [0.4, 0.5) is 22.7 Å².